The van der Waals surface area contributed by atoms with Gasteiger partial charge in [-0.3, -0.25) is 4.79 Å². The smallest absolute Gasteiger partial charge is 0.339 e. The molecule has 1 amide bonds. The maximum atomic E-state index is 12.7. The first-order valence-electron chi connectivity index (χ1n) is 10.6. The lowest BCUT2D eigenvalue weighted by Crippen LogP contribution is -2.19. The highest BCUT2D eigenvalue weighted by Crippen LogP contribution is 2.30. The van der Waals surface area contributed by atoms with Crippen molar-refractivity contribution in [3.05, 3.63) is 108 Å². The summed E-state index contributed by atoms with van der Waals surface area (Å²) >= 11 is 0. The van der Waals surface area contributed by atoms with Crippen molar-refractivity contribution < 1.29 is 22.1 Å². The number of aryl methyl sites for hydroxylation is 1. The molecule has 0 bridgehead atoms. The van der Waals surface area contributed by atoms with Crippen molar-refractivity contribution in [2.75, 3.05) is 7.11 Å². The number of carbonyl (C=O) groups is 1. The molecule has 0 saturated carbocycles. The second kappa shape index (κ2) is 10.3. The Morgan fingerprint density at radius 2 is 1.66 bits per heavy atom. The third-order valence-electron chi connectivity index (χ3n) is 5.11. The Bertz CT molecular complexity index is 1460. The van der Waals surface area contributed by atoms with Crippen LogP contribution in [-0.4, -0.2) is 32.2 Å². The van der Waals surface area contributed by atoms with E-state index in [0.29, 0.717) is 11.1 Å². The summed E-state index contributed by atoms with van der Waals surface area (Å²) in [6.45, 7) is 1.87. The zero-order valence-electron chi connectivity index (χ0n) is 19.1. The average Bonchev–Trinajstić information content (AvgIpc) is 3.40. The summed E-state index contributed by atoms with van der Waals surface area (Å²) in [7, 11) is -2.63. The Hall–Kier alpha value is -4.37. The number of para-hydroxylation sites is 1. The van der Waals surface area contributed by atoms with Gasteiger partial charge in [0.25, 0.3) is 5.91 Å². The molecule has 0 aliphatic rings. The van der Waals surface area contributed by atoms with Crippen LogP contribution in [0.2, 0.25) is 0 Å². The van der Waals surface area contributed by atoms with Gasteiger partial charge in [0.1, 0.15) is 4.90 Å². The van der Waals surface area contributed by atoms with E-state index in [1.54, 1.807) is 36.4 Å². The Labute approximate surface area is 203 Å². The molecule has 4 aromatic rings. The van der Waals surface area contributed by atoms with Crippen molar-refractivity contribution in [1.82, 2.24) is 9.99 Å². The Morgan fingerprint density at radius 3 is 2.37 bits per heavy atom. The van der Waals surface area contributed by atoms with Crippen LogP contribution in [0.4, 0.5) is 0 Å². The van der Waals surface area contributed by atoms with Crippen LogP contribution in [0.15, 0.2) is 101 Å². The molecule has 0 fully saturated rings. The molecular formula is C26H23N3O5S. The van der Waals surface area contributed by atoms with Crippen molar-refractivity contribution >= 4 is 22.2 Å². The SMILES string of the molecule is COc1cc(/C=N\NC(=O)c2ccccc2-n2cccc2)ccc1OS(=O)(=O)c1ccc(C)cc1. The number of benzene rings is 3. The van der Waals surface area contributed by atoms with Crippen molar-refractivity contribution in [1.29, 1.82) is 0 Å². The molecule has 1 N–H and O–H groups in total. The topological polar surface area (TPSA) is 99.0 Å². The molecule has 35 heavy (non-hydrogen) atoms. The van der Waals surface area contributed by atoms with Gasteiger partial charge in [-0.1, -0.05) is 29.8 Å². The van der Waals surface area contributed by atoms with Gasteiger partial charge in [0, 0.05) is 12.4 Å². The van der Waals surface area contributed by atoms with Gasteiger partial charge in [0.05, 0.1) is 24.6 Å². The molecule has 8 nitrogen and oxygen atoms in total. The fraction of sp³-hybridized carbons (Fsp3) is 0.0769. The molecule has 4 rings (SSSR count). The van der Waals surface area contributed by atoms with Crippen LogP contribution in [0.3, 0.4) is 0 Å². The van der Waals surface area contributed by atoms with Crippen molar-refractivity contribution in [3.8, 4) is 17.2 Å². The second-order valence-electron chi connectivity index (χ2n) is 7.57. The first kappa shape index (κ1) is 23.8. The van der Waals surface area contributed by atoms with E-state index in [4.69, 9.17) is 8.92 Å². The van der Waals surface area contributed by atoms with Gasteiger partial charge in [-0.25, -0.2) is 5.43 Å². The molecule has 9 heteroatoms. The van der Waals surface area contributed by atoms with Crippen molar-refractivity contribution in [2.45, 2.75) is 11.8 Å². The minimum absolute atomic E-state index is 0.0370. The van der Waals surface area contributed by atoms with E-state index < -0.39 is 10.1 Å². The first-order chi connectivity index (χ1) is 16.9. The van der Waals surface area contributed by atoms with Crippen LogP contribution in [0.25, 0.3) is 5.69 Å². The first-order valence-corrected chi connectivity index (χ1v) is 12.0. The van der Waals surface area contributed by atoms with E-state index in [1.165, 1.54) is 31.5 Å². The van der Waals surface area contributed by atoms with E-state index in [1.807, 2.05) is 48.1 Å². The quantitative estimate of drug-likeness (QED) is 0.226. The number of carbonyl (C=O) groups excluding carboxylic acids is 1. The maximum absolute atomic E-state index is 12.7. The monoisotopic (exact) mass is 489 g/mol. The molecular weight excluding hydrogens is 466 g/mol. The normalized spacial score (nSPS) is 11.4. The number of rotatable bonds is 8. The highest BCUT2D eigenvalue weighted by atomic mass is 32.2. The number of hydrogen-bond acceptors (Lipinski definition) is 6. The summed E-state index contributed by atoms with van der Waals surface area (Å²) in [5.74, 6) is -0.134. The van der Waals surface area contributed by atoms with Crippen LogP contribution < -0.4 is 14.3 Å². The number of hydrogen-bond donors (Lipinski definition) is 1. The third kappa shape index (κ3) is 5.59. The molecule has 1 heterocycles. The number of nitrogens with one attached hydrogen (secondary N) is 1. The van der Waals surface area contributed by atoms with E-state index >= 15 is 0 Å². The Kier molecular flexibility index (Phi) is 6.98. The third-order valence-corrected chi connectivity index (χ3v) is 6.36. The largest absolute Gasteiger partial charge is 0.493 e. The minimum atomic E-state index is -4.03. The van der Waals surface area contributed by atoms with Gasteiger partial charge in [-0.2, -0.15) is 13.5 Å². The summed E-state index contributed by atoms with van der Waals surface area (Å²) in [5, 5.41) is 4.03. The van der Waals surface area contributed by atoms with Crippen molar-refractivity contribution in [3.63, 3.8) is 0 Å². The number of amides is 1. The van der Waals surface area contributed by atoms with E-state index in [2.05, 4.69) is 10.5 Å². The lowest BCUT2D eigenvalue weighted by molar-refractivity contribution is 0.0955. The summed E-state index contributed by atoms with van der Waals surface area (Å²) in [6, 6.07) is 21.9. The Balaban J connectivity index is 1.48. The van der Waals surface area contributed by atoms with Crippen LogP contribution in [0.1, 0.15) is 21.5 Å². The zero-order chi connectivity index (χ0) is 24.8. The molecule has 178 valence electrons. The predicted octanol–water partition coefficient (Wildman–Crippen LogP) is 4.33. The average molecular weight is 490 g/mol. The van der Waals surface area contributed by atoms with Crippen LogP contribution in [-0.2, 0) is 10.1 Å². The number of methoxy groups -OCH3 is 1. The van der Waals surface area contributed by atoms with E-state index in [0.717, 1.165) is 11.3 Å². The van der Waals surface area contributed by atoms with Crippen LogP contribution in [0, 0.1) is 6.92 Å². The summed E-state index contributed by atoms with van der Waals surface area (Å²) in [5.41, 5.74) is 5.21. The molecule has 0 spiro atoms. The number of ether oxygens (including phenoxy) is 1. The van der Waals surface area contributed by atoms with Gasteiger partial charge in [0.2, 0.25) is 0 Å². The fourth-order valence-corrected chi connectivity index (χ4v) is 4.26. The summed E-state index contributed by atoms with van der Waals surface area (Å²) < 4.78 is 37.6. The lowest BCUT2D eigenvalue weighted by Gasteiger charge is -2.11. The molecule has 0 aliphatic carbocycles. The number of hydrazone groups is 1. The van der Waals surface area contributed by atoms with Gasteiger partial charge >= 0.3 is 10.1 Å². The Morgan fingerprint density at radius 1 is 0.943 bits per heavy atom. The standard InChI is InChI=1S/C26H23N3O5S/c1-19-9-12-21(13-10-19)35(31,32)34-24-14-11-20(17-25(24)33-2)18-27-28-26(30)22-7-3-4-8-23(22)29-15-5-6-16-29/h3-18H,1-2H3,(H,28,30)/b27-18-. The predicted molar refractivity (Wildman–Crippen MR) is 133 cm³/mol. The highest BCUT2D eigenvalue weighted by Gasteiger charge is 2.19. The minimum Gasteiger partial charge on any atom is -0.493 e. The second-order valence-corrected chi connectivity index (χ2v) is 9.11. The van der Waals surface area contributed by atoms with Crippen LogP contribution in [0.5, 0.6) is 11.5 Å². The molecule has 0 unspecified atom stereocenters. The van der Waals surface area contributed by atoms with E-state index in [-0.39, 0.29) is 22.3 Å². The van der Waals surface area contributed by atoms with Gasteiger partial charge in [-0.15, -0.1) is 0 Å². The lowest BCUT2D eigenvalue weighted by atomic mass is 10.1. The number of aromatic nitrogens is 1. The summed E-state index contributed by atoms with van der Waals surface area (Å²) in [4.78, 5) is 12.7. The van der Waals surface area contributed by atoms with E-state index in [9.17, 15) is 13.2 Å². The highest BCUT2D eigenvalue weighted by molar-refractivity contribution is 7.87. The van der Waals surface area contributed by atoms with Gasteiger partial charge < -0.3 is 13.5 Å². The summed E-state index contributed by atoms with van der Waals surface area (Å²) in [6.07, 6.45) is 5.13. The molecule has 0 aliphatic heterocycles. The van der Waals surface area contributed by atoms with Gasteiger partial charge in [0.15, 0.2) is 11.5 Å². The number of nitrogens with zero attached hydrogens (tertiary/aromatic N) is 2. The van der Waals surface area contributed by atoms with Crippen LogP contribution >= 0.6 is 0 Å². The zero-order valence-corrected chi connectivity index (χ0v) is 19.9. The molecule has 0 atom stereocenters. The maximum Gasteiger partial charge on any atom is 0.339 e. The van der Waals surface area contributed by atoms with Gasteiger partial charge in [-0.05, 0) is 67.1 Å². The van der Waals surface area contributed by atoms with Crippen molar-refractivity contribution in [2.24, 2.45) is 5.10 Å². The molecule has 3 aromatic carbocycles. The fourth-order valence-electron chi connectivity index (χ4n) is 3.32. The molecule has 1 aromatic heterocycles. The molecule has 0 radical (unpaired) electrons. The molecule has 0 saturated heterocycles.